The van der Waals surface area contributed by atoms with E-state index in [1.807, 2.05) is 19.1 Å². The molecule has 1 aliphatic rings. The van der Waals surface area contributed by atoms with E-state index in [4.69, 9.17) is 5.73 Å². The van der Waals surface area contributed by atoms with Crippen molar-refractivity contribution in [3.8, 4) is 10.6 Å². The highest BCUT2D eigenvalue weighted by Gasteiger charge is 2.20. The smallest absolute Gasteiger partial charge is 0.319 e. The Hall–Kier alpha value is -3.55. The lowest BCUT2D eigenvalue weighted by Crippen LogP contribution is -2.42. The summed E-state index contributed by atoms with van der Waals surface area (Å²) in [5.74, 6) is 2.19. The Labute approximate surface area is 228 Å². The number of carbonyl (C=O) groups is 2. The van der Waals surface area contributed by atoms with Crippen molar-refractivity contribution in [3.63, 3.8) is 0 Å². The fraction of sp³-hybridized carbons (Fsp3) is 0.360. The highest BCUT2D eigenvalue weighted by Crippen LogP contribution is 2.31. The molecule has 6 N–H and O–H groups in total. The van der Waals surface area contributed by atoms with Crippen LogP contribution in [0.25, 0.3) is 10.6 Å². The monoisotopic (exact) mass is 556 g/mol. The molecule has 2 aromatic heterocycles. The van der Waals surface area contributed by atoms with Gasteiger partial charge in [-0.25, -0.2) is 14.8 Å². The number of nitrogens with zero attached hydrogens (tertiary/aromatic N) is 3. The Morgan fingerprint density at radius 1 is 1.11 bits per heavy atom. The molecule has 3 aromatic rings. The summed E-state index contributed by atoms with van der Waals surface area (Å²) >= 11 is 1.32. The average Bonchev–Trinajstić information content (AvgIpc) is 3.34. The predicted octanol–water partition coefficient (Wildman–Crippen LogP) is 2.33. The van der Waals surface area contributed by atoms with Gasteiger partial charge in [0.05, 0.1) is 0 Å². The largest absolute Gasteiger partial charge is 0.384 e. The average molecular weight is 557 g/mol. The number of rotatable bonds is 10. The molecule has 1 fully saturated rings. The first-order valence-electron chi connectivity index (χ1n) is 12.4. The third-order valence-corrected chi connectivity index (χ3v) is 8.23. The number of anilines is 3. The second-order valence-corrected chi connectivity index (χ2v) is 11.3. The Morgan fingerprint density at radius 2 is 1.87 bits per heavy atom. The molecular formula is C25H32N8O3S2. The van der Waals surface area contributed by atoms with E-state index in [2.05, 4.69) is 36.1 Å². The lowest BCUT2D eigenvalue weighted by atomic mass is 10.2. The van der Waals surface area contributed by atoms with Crippen molar-refractivity contribution in [2.75, 3.05) is 60.6 Å². The maximum absolute atomic E-state index is 12.9. The third-order valence-electron chi connectivity index (χ3n) is 5.85. The van der Waals surface area contributed by atoms with Gasteiger partial charge in [-0.15, -0.1) is 11.3 Å². The molecule has 3 heterocycles. The molecule has 1 aliphatic heterocycles. The van der Waals surface area contributed by atoms with Gasteiger partial charge in [-0.1, -0.05) is 6.07 Å². The fourth-order valence-corrected chi connectivity index (χ4v) is 5.88. The number of amides is 3. The molecule has 0 unspecified atom stereocenters. The van der Waals surface area contributed by atoms with E-state index in [-0.39, 0.29) is 11.9 Å². The standard InChI is InChI=1S/C25H32N8O3S2/c1-2-27-22-21(23(34)28-9-10-33-11-13-38(36)14-12-33)37-24(32-22)18-4-6-19(7-5-18)31-25(35)30-16-17-3-8-20(26)29-15-17/h3-8,15,27H,2,9-14,16H2,1H3,(H2,26,29)(H,28,34)(H2,30,31,35). The van der Waals surface area contributed by atoms with Crippen LogP contribution in [0, 0.1) is 0 Å². The first kappa shape index (κ1) is 27.5. The van der Waals surface area contributed by atoms with E-state index in [9.17, 15) is 13.8 Å². The van der Waals surface area contributed by atoms with Gasteiger partial charge < -0.3 is 27.0 Å². The zero-order chi connectivity index (χ0) is 26.9. The Morgan fingerprint density at radius 3 is 2.55 bits per heavy atom. The molecule has 0 aliphatic carbocycles. The van der Waals surface area contributed by atoms with E-state index in [1.165, 1.54) is 11.3 Å². The molecule has 0 bridgehead atoms. The van der Waals surface area contributed by atoms with Crippen LogP contribution in [0.1, 0.15) is 22.2 Å². The molecule has 0 radical (unpaired) electrons. The first-order valence-corrected chi connectivity index (χ1v) is 14.7. The SMILES string of the molecule is CCNc1nc(-c2ccc(NC(=O)NCc3ccc(N)nc3)cc2)sc1C(=O)NCCN1CCS(=O)CC1. The van der Waals surface area contributed by atoms with Gasteiger partial charge in [-0.05, 0) is 42.8 Å². The van der Waals surface area contributed by atoms with Crippen LogP contribution in [0.15, 0.2) is 42.6 Å². The van der Waals surface area contributed by atoms with Crippen molar-refractivity contribution in [2.45, 2.75) is 13.5 Å². The molecule has 13 heteroatoms. The van der Waals surface area contributed by atoms with Gasteiger partial charge in [-0.3, -0.25) is 13.9 Å². The number of urea groups is 1. The molecule has 0 saturated carbocycles. The summed E-state index contributed by atoms with van der Waals surface area (Å²) in [5.41, 5.74) is 7.89. The first-order chi connectivity index (χ1) is 18.4. The molecule has 38 heavy (non-hydrogen) atoms. The highest BCUT2D eigenvalue weighted by atomic mass is 32.2. The molecule has 1 aromatic carbocycles. The number of carbonyl (C=O) groups excluding carboxylic acids is 2. The summed E-state index contributed by atoms with van der Waals surface area (Å²) in [6.45, 7) is 5.75. The molecule has 202 valence electrons. The topological polar surface area (TPSA) is 154 Å². The quantitative estimate of drug-likeness (QED) is 0.255. The third kappa shape index (κ3) is 7.73. The van der Waals surface area contributed by atoms with Gasteiger partial charge in [0.1, 0.15) is 15.7 Å². The van der Waals surface area contributed by atoms with Crippen molar-refractivity contribution in [1.82, 2.24) is 25.5 Å². The van der Waals surface area contributed by atoms with Crippen LogP contribution in [-0.4, -0.2) is 75.2 Å². The summed E-state index contributed by atoms with van der Waals surface area (Å²) in [6, 6.07) is 10.4. The molecule has 3 amide bonds. The fourth-order valence-electron chi connectivity index (χ4n) is 3.79. The molecular weight excluding hydrogens is 524 g/mol. The minimum atomic E-state index is -0.713. The zero-order valence-electron chi connectivity index (χ0n) is 21.2. The number of nitrogens with one attached hydrogen (secondary N) is 4. The highest BCUT2D eigenvalue weighted by molar-refractivity contribution is 7.85. The van der Waals surface area contributed by atoms with Crippen LogP contribution in [0.5, 0.6) is 0 Å². The number of nitrogens with two attached hydrogens (primary N) is 1. The predicted molar refractivity (Wildman–Crippen MR) is 153 cm³/mol. The van der Waals surface area contributed by atoms with Gasteiger partial charge in [0, 0.05) is 79.0 Å². The van der Waals surface area contributed by atoms with E-state index in [0.717, 1.165) is 30.8 Å². The number of benzene rings is 1. The lowest BCUT2D eigenvalue weighted by Gasteiger charge is -2.25. The van der Waals surface area contributed by atoms with E-state index in [0.29, 0.717) is 58.3 Å². The summed E-state index contributed by atoms with van der Waals surface area (Å²) in [6.07, 6.45) is 1.62. The van der Waals surface area contributed by atoms with Crippen molar-refractivity contribution in [1.29, 1.82) is 0 Å². The summed E-state index contributed by atoms with van der Waals surface area (Å²) < 4.78 is 11.5. The van der Waals surface area contributed by atoms with Crippen LogP contribution in [0.4, 0.5) is 22.1 Å². The Bertz CT molecular complexity index is 1250. The number of hydrogen-bond acceptors (Lipinski definition) is 9. The van der Waals surface area contributed by atoms with Crippen LogP contribution >= 0.6 is 11.3 Å². The van der Waals surface area contributed by atoms with E-state index >= 15 is 0 Å². The van der Waals surface area contributed by atoms with Gasteiger partial charge in [-0.2, -0.15) is 0 Å². The van der Waals surface area contributed by atoms with Gasteiger partial charge >= 0.3 is 6.03 Å². The van der Waals surface area contributed by atoms with Gasteiger partial charge in [0.15, 0.2) is 5.82 Å². The number of aromatic nitrogens is 2. The Kier molecular flexibility index (Phi) is 9.62. The second kappa shape index (κ2) is 13.3. The minimum absolute atomic E-state index is 0.170. The maximum Gasteiger partial charge on any atom is 0.319 e. The Balaban J connectivity index is 1.32. The molecule has 0 spiro atoms. The normalized spacial score (nSPS) is 14.1. The summed E-state index contributed by atoms with van der Waals surface area (Å²) in [4.78, 5) is 36.6. The van der Waals surface area contributed by atoms with E-state index in [1.54, 1.807) is 30.5 Å². The minimum Gasteiger partial charge on any atom is -0.384 e. The zero-order valence-corrected chi connectivity index (χ0v) is 22.8. The van der Waals surface area contributed by atoms with Crippen LogP contribution in [0.2, 0.25) is 0 Å². The van der Waals surface area contributed by atoms with Crippen LogP contribution in [0.3, 0.4) is 0 Å². The van der Waals surface area contributed by atoms with Gasteiger partial charge in [0.25, 0.3) is 5.91 Å². The van der Waals surface area contributed by atoms with E-state index < -0.39 is 10.8 Å². The second-order valence-electron chi connectivity index (χ2n) is 8.65. The summed E-state index contributed by atoms with van der Waals surface area (Å²) in [5, 5.41) is 12.5. The molecule has 0 atom stereocenters. The number of hydrogen-bond donors (Lipinski definition) is 5. The number of thiazole rings is 1. The molecule has 1 saturated heterocycles. The van der Waals surface area contributed by atoms with Crippen molar-refractivity contribution < 1.29 is 13.8 Å². The number of pyridine rings is 1. The van der Waals surface area contributed by atoms with Crippen molar-refractivity contribution in [2.24, 2.45) is 0 Å². The van der Waals surface area contributed by atoms with Crippen LogP contribution < -0.4 is 27.0 Å². The molecule has 4 rings (SSSR count). The van der Waals surface area contributed by atoms with Gasteiger partial charge in [0.2, 0.25) is 0 Å². The van der Waals surface area contributed by atoms with Crippen LogP contribution in [-0.2, 0) is 17.3 Å². The summed E-state index contributed by atoms with van der Waals surface area (Å²) in [7, 11) is -0.713. The van der Waals surface area contributed by atoms with Crippen molar-refractivity contribution >= 4 is 51.4 Å². The molecule has 11 nitrogen and oxygen atoms in total. The number of nitrogen functional groups attached to an aromatic ring is 1. The maximum atomic E-state index is 12.9. The lowest BCUT2D eigenvalue weighted by molar-refractivity contribution is 0.0953. The van der Waals surface area contributed by atoms with Crippen molar-refractivity contribution in [3.05, 3.63) is 53.0 Å².